The topological polar surface area (TPSA) is 72.8 Å². The van der Waals surface area contributed by atoms with Gasteiger partial charge in [0.15, 0.2) is 17.3 Å². The second-order valence-corrected chi connectivity index (χ2v) is 7.65. The summed E-state index contributed by atoms with van der Waals surface area (Å²) in [6, 6.07) is 0. The Morgan fingerprint density at radius 2 is 2.00 bits per heavy atom. The Bertz CT molecular complexity index is 542. The van der Waals surface area contributed by atoms with Gasteiger partial charge in [-0.15, -0.1) is 0 Å². The quantitative estimate of drug-likeness (QED) is 0.221. The number of nitrogens with zero attached hydrogens (tertiary/aromatic N) is 1. The molecular weight excluding hydrogens is 326 g/mol. The summed E-state index contributed by atoms with van der Waals surface area (Å²) in [6.07, 6.45) is 7.76. The molecule has 0 saturated heterocycles. The van der Waals surface area contributed by atoms with Crippen LogP contribution in [0.25, 0.3) is 0 Å². The van der Waals surface area contributed by atoms with Crippen molar-refractivity contribution >= 4 is 34.8 Å². The zero-order valence-corrected chi connectivity index (χ0v) is 15.2. The minimum atomic E-state index is -1.19. The van der Waals surface area contributed by atoms with Crippen LogP contribution in [0.1, 0.15) is 45.4 Å². The summed E-state index contributed by atoms with van der Waals surface area (Å²) in [7, 11) is 0. The number of Topliss-reactive ketones (excluding diaryl/α,β-unsaturated/α-hetero) is 3. The minimum absolute atomic E-state index is 0.0497. The number of ketones is 3. The summed E-state index contributed by atoms with van der Waals surface area (Å²) in [5.41, 5.74) is 0.144. The second-order valence-electron chi connectivity index (χ2n) is 6.43. The van der Waals surface area contributed by atoms with Crippen LogP contribution in [0.3, 0.4) is 0 Å². The van der Waals surface area contributed by atoms with E-state index in [9.17, 15) is 14.4 Å². The maximum Gasteiger partial charge on any atom is 0.198 e. The molecule has 0 unspecified atom stereocenters. The van der Waals surface area contributed by atoms with Gasteiger partial charge in [0.05, 0.1) is 0 Å². The Hall–Kier alpha value is -1.43. The molecule has 0 aliphatic heterocycles. The van der Waals surface area contributed by atoms with Crippen molar-refractivity contribution < 1.29 is 19.2 Å². The van der Waals surface area contributed by atoms with Crippen LogP contribution in [0, 0.1) is 11.8 Å². The van der Waals surface area contributed by atoms with E-state index in [1.165, 1.54) is 6.08 Å². The molecule has 6 heteroatoms. The third-order valence-electron chi connectivity index (χ3n) is 5.14. The van der Waals surface area contributed by atoms with Crippen molar-refractivity contribution in [2.45, 2.75) is 50.2 Å². The molecule has 2 aliphatic rings. The number of oxime groups is 1. The first kappa shape index (κ1) is 18.9. The van der Waals surface area contributed by atoms with E-state index >= 15 is 0 Å². The van der Waals surface area contributed by atoms with Crippen molar-refractivity contribution in [2.24, 2.45) is 17.0 Å². The Morgan fingerprint density at radius 1 is 1.38 bits per heavy atom. The highest BCUT2D eigenvalue weighted by atomic mass is 32.2. The third kappa shape index (κ3) is 3.63. The highest BCUT2D eigenvalue weighted by Gasteiger charge is 2.50. The number of thioether (sulfide) groups is 1. The fraction of sp³-hybridized carbons (Fsp3) is 0.667. The van der Waals surface area contributed by atoms with Gasteiger partial charge in [-0.05, 0) is 31.4 Å². The number of rotatable bonds is 8. The van der Waals surface area contributed by atoms with Crippen molar-refractivity contribution in [3.63, 3.8) is 0 Å². The molecule has 0 amide bonds. The normalized spacial score (nSPS) is 26.7. The lowest BCUT2D eigenvalue weighted by atomic mass is 9.65. The number of hydrogen-bond acceptors (Lipinski definition) is 6. The molecule has 0 N–H and O–H groups in total. The van der Waals surface area contributed by atoms with Crippen molar-refractivity contribution in [1.29, 1.82) is 0 Å². The molecule has 0 atom stereocenters. The highest BCUT2D eigenvalue weighted by Crippen LogP contribution is 2.52. The van der Waals surface area contributed by atoms with E-state index in [4.69, 9.17) is 4.84 Å². The van der Waals surface area contributed by atoms with Gasteiger partial charge in [0.2, 0.25) is 0 Å². The van der Waals surface area contributed by atoms with Gasteiger partial charge in [0.1, 0.15) is 18.2 Å². The van der Waals surface area contributed by atoms with Gasteiger partial charge in [-0.25, -0.2) is 0 Å². The Kier molecular flexibility index (Phi) is 6.38. The van der Waals surface area contributed by atoms with Crippen LogP contribution in [0.15, 0.2) is 17.8 Å². The van der Waals surface area contributed by atoms with Crippen molar-refractivity contribution in [3.05, 3.63) is 12.7 Å². The maximum absolute atomic E-state index is 12.6. The number of carbonyl (C=O) groups excluding carboxylic acids is 3. The summed E-state index contributed by atoms with van der Waals surface area (Å²) in [6.45, 7) is 5.44. The molecular formula is C18H25NO4S. The predicted octanol–water partition coefficient (Wildman–Crippen LogP) is 2.97. The molecule has 5 nitrogen and oxygen atoms in total. The van der Waals surface area contributed by atoms with Crippen LogP contribution in [0.5, 0.6) is 0 Å². The Labute approximate surface area is 147 Å². The fourth-order valence-corrected chi connectivity index (χ4v) is 4.76. The van der Waals surface area contributed by atoms with Gasteiger partial charge in [0.25, 0.3) is 0 Å². The lowest BCUT2D eigenvalue weighted by Crippen LogP contribution is -2.50. The van der Waals surface area contributed by atoms with Crippen LogP contribution in [-0.4, -0.2) is 40.7 Å². The first-order valence-corrected chi connectivity index (χ1v) is 9.66. The second kappa shape index (κ2) is 8.10. The van der Waals surface area contributed by atoms with E-state index < -0.39 is 11.7 Å². The van der Waals surface area contributed by atoms with E-state index in [1.807, 2.05) is 6.26 Å². The van der Waals surface area contributed by atoms with Crippen molar-refractivity contribution in [2.75, 3.05) is 12.9 Å². The van der Waals surface area contributed by atoms with Crippen LogP contribution in [-0.2, 0) is 19.2 Å². The molecule has 0 heterocycles. The van der Waals surface area contributed by atoms with E-state index in [-0.39, 0.29) is 34.5 Å². The predicted molar refractivity (Wildman–Crippen MR) is 95.2 cm³/mol. The van der Waals surface area contributed by atoms with E-state index in [1.54, 1.807) is 18.7 Å². The standard InChI is InChI=1S/C18H25NO4S/c1-4-9-23-19-13(5-2)17(22)16-14(20)10-12(11-15(16)21)18(24-3)7-6-8-18/h4,12,16H,1,5-11H2,2-3H3/b19-13+. The van der Waals surface area contributed by atoms with Gasteiger partial charge in [-0.2, -0.15) is 11.8 Å². The van der Waals surface area contributed by atoms with Crippen LogP contribution in [0.4, 0.5) is 0 Å². The number of carbonyl (C=O) groups is 3. The molecule has 0 bridgehead atoms. The molecule has 0 radical (unpaired) electrons. The largest absolute Gasteiger partial charge is 0.391 e. The molecule has 0 aromatic heterocycles. The summed E-state index contributed by atoms with van der Waals surface area (Å²) in [5.74, 6) is -2.14. The zero-order valence-electron chi connectivity index (χ0n) is 14.4. The van der Waals surface area contributed by atoms with Gasteiger partial charge in [-0.1, -0.05) is 31.2 Å². The molecule has 2 rings (SSSR count). The SMILES string of the molecule is C=CCO/N=C(\CC)C(=O)C1C(=O)CC(C2(SC)CCC2)CC1=O. The van der Waals surface area contributed by atoms with Gasteiger partial charge in [0, 0.05) is 17.6 Å². The highest BCUT2D eigenvalue weighted by molar-refractivity contribution is 8.00. The van der Waals surface area contributed by atoms with E-state index in [0.717, 1.165) is 19.3 Å². The summed E-state index contributed by atoms with van der Waals surface area (Å²) in [4.78, 5) is 42.6. The smallest absolute Gasteiger partial charge is 0.198 e. The first-order valence-electron chi connectivity index (χ1n) is 8.43. The molecule has 0 spiro atoms. The number of hydrogen-bond donors (Lipinski definition) is 0. The lowest BCUT2D eigenvalue weighted by molar-refractivity contribution is -0.142. The molecule has 2 saturated carbocycles. The van der Waals surface area contributed by atoms with E-state index in [0.29, 0.717) is 19.3 Å². The minimum Gasteiger partial charge on any atom is -0.391 e. The Morgan fingerprint density at radius 3 is 2.42 bits per heavy atom. The Balaban J connectivity index is 2.10. The molecule has 0 aromatic carbocycles. The average Bonchev–Trinajstić information content (AvgIpc) is 2.50. The monoisotopic (exact) mass is 351 g/mol. The average molecular weight is 351 g/mol. The van der Waals surface area contributed by atoms with Gasteiger partial charge in [-0.3, -0.25) is 14.4 Å². The molecule has 132 valence electrons. The van der Waals surface area contributed by atoms with Gasteiger partial charge >= 0.3 is 0 Å². The third-order valence-corrected chi connectivity index (χ3v) is 6.69. The zero-order chi connectivity index (χ0) is 17.7. The van der Waals surface area contributed by atoms with Crippen molar-refractivity contribution in [1.82, 2.24) is 0 Å². The van der Waals surface area contributed by atoms with Crippen molar-refractivity contribution in [3.8, 4) is 0 Å². The molecule has 2 fully saturated rings. The van der Waals surface area contributed by atoms with Crippen LogP contribution in [0.2, 0.25) is 0 Å². The summed E-state index contributed by atoms with van der Waals surface area (Å²) in [5, 5.41) is 3.77. The molecule has 0 aromatic rings. The van der Waals surface area contributed by atoms with E-state index in [2.05, 4.69) is 11.7 Å². The van der Waals surface area contributed by atoms with Crippen LogP contribution >= 0.6 is 11.8 Å². The van der Waals surface area contributed by atoms with Crippen LogP contribution < -0.4 is 0 Å². The first-order chi connectivity index (χ1) is 11.5. The molecule has 2 aliphatic carbocycles. The molecule has 24 heavy (non-hydrogen) atoms. The lowest BCUT2D eigenvalue weighted by Gasteiger charge is -2.48. The summed E-state index contributed by atoms with van der Waals surface area (Å²) >= 11 is 1.76. The maximum atomic E-state index is 12.6. The fourth-order valence-electron chi connectivity index (χ4n) is 3.56. The van der Waals surface area contributed by atoms with Gasteiger partial charge < -0.3 is 4.84 Å². The summed E-state index contributed by atoms with van der Waals surface area (Å²) < 4.78 is 0.0497.